The van der Waals surface area contributed by atoms with Crippen molar-refractivity contribution in [2.45, 2.75) is 180 Å². The van der Waals surface area contributed by atoms with E-state index in [1.54, 1.807) is 135 Å². The van der Waals surface area contributed by atoms with Gasteiger partial charge in [0.05, 0.1) is 27.2 Å². The second kappa shape index (κ2) is 34.9. The molecule has 0 saturated carbocycles. The van der Waals surface area contributed by atoms with E-state index in [0.717, 1.165) is 16.7 Å². The van der Waals surface area contributed by atoms with Crippen molar-refractivity contribution in [2.75, 3.05) is 4.91 Å². The van der Waals surface area contributed by atoms with Gasteiger partial charge in [-0.25, -0.2) is 19.2 Å². The summed E-state index contributed by atoms with van der Waals surface area (Å²) in [5.41, 5.74) is 11.4. The van der Waals surface area contributed by atoms with Crippen LogP contribution < -0.4 is 73.8 Å². The van der Waals surface area contributed by atoms with E-state index in [-0.39, 0.29) is 68.1 Å². The minimum absolute atomic E-state index is 0. The van der Waals surface area contributed by atoms with Gasteiger partial charge in [0.15, 0.2) is 0 Å². The summed E-state index contributed by atoms with van der Waals surface area (Å²) in [5.74, 6) is -5.20. The Morgan fingerprint density at radius 3 is 1.19 bits per heavy atom. The number of piperidine rings is 2. The topological polar surface area (TPSA) is 438 Å². The van der Waals surface area contributed by atoms with Crippen LogP contribution >= 0.6 is 34.2 Å². The summed E-state index contributed by atoms with van der Waals surface area (Å²) in [6, 6.07) is 27.6. The first kappa shape index (κ1) is 88.8. The molecule has 0 aliphatic carbocycles. The Bertz CT molecular complexity index is 3060. The number of carboxylic acid groups (broad SMARTS) is 2. The van der Waals surface area contributed by atoms with Crippen molar-refractivity contribution >= 4 is 99.2 Å². The summed E-state index contributed by atoms with van der Waals surface area (Å²) in [7, 11) is 0. The first-order valence-corrected chi connectivity index (χ1v) is 30.5. The zero-order chi connectivity index (χ0) is 72.5. The zero-order valence-electron chi connectivity index (χ0n) is 58.6. The molecule has 0 bridgehead atoms. The quantitative estimate of drug-likeness (QED) is 0.0193. The number of alkyl carbamates (subject to hydrolysis) is 2. The van der Waals surface area contributed by atoms with Crippen LogP contribution in [-0.2, 0) is 72.4 Å². The van der Waals surface area contributed by atoms with Crippen LogP contribution in [-0.4, -0.2) is 108 Å². The minimum Gasteiger partial charge on any atom is -0.870 e. The SMILES string of the molecule is CC(C)(C(N)=O)C(C)(C)C(C)(N)C(=O)O.CC(C)(C(N)=O)C(C)(C)C(C)(NC(=O)OCc1ccccc1)C(=O)O.CC1(C)C(=O)NC(=O)C(C)(N)C1(C)C.CC1(C)C(=O)NC(=O)C(C)(NC(=O)OCc2ccccc2)C1(C)C.O=C(Cl)OCc1ccccc1.[2H]CI.[HH].[Na+].[OH-]. The smallest absolute Gasteiger partial charge is 0.870 e. The zero-order valence-corrected chi connectivity index (χ0v) is 62.5. The fraction of sp³-hybridized carbons (Fsp3) is 0.554. The van der Waals surface area contributed by atoms with Gasteiger partial charge in [-0.15, -0.1) is 0 Å². The molecule has 15 N–H and O–H groups in total. The second-order valence-electron chi connectivity index (χ2n) is 26.9. The molecule has 0 spiro atoms. The molecular weight excluding hydrogens is 1350 g/mol. The third-order valence-electron chi connectivity index (χ3n) is 20.3. The van der Waals surface area contributed by atoms with Crippen molar-refractivity contribution in [3.8, 4) is 0 Å². The number of hydrogen-bond acceptors (Lipinski definition) is 17. The Hall–Kier alpha value is -6.27. The van der Waals surface area contributed by atoms with Crippen LogP contribution in [0.5, 0.6) is 0 Å². The number of nitrogens with two attached hydrogens (primary N) is 4. The molecule has 0 radical (unpaired) electrons. The van der Waals surface area contributed by atoms with Crippen molar-refractivity contribution in [2.24, 2.45) is 66.3 Å². The number of alkyl halides is 1. The van der Waals surface area contributed by atoms with Gasteiger partial charge in [-0.05, 0) is 49.3 Å². The predicted octanol–water partition coefficient (Wildman–Crippen LogP) is 6.10. The molecule has 28 heteroatoms. The first-order chi connectivity index (χ1) is 41.5. The molecule has 3 aromatic carbocycles. The van der Waals surface area contributed by atoms with Crippen molar-refractivity contribution in [3.05, 3.63) is 108 Å². The number of carboxylic acids is 2. The number of benzene rings is 3. The summed E-state index contributed by atoms with van der Waals surface area (Å²) in [6.45, 7) is 33.5. The molecule has 518 valence electrons. The van der Waals surface area contributed by atoms with Crippen LogP contribution in [0.3, 0.4) is 0 Å². The summed E-state index contributed by atoms with van der Waals surface area (Å²) >= 11 is 6.92. The number of carbonyl (C=O) groups excluding carboxylic acids is 9. The minimum atomic E-state index is -1.78. The molecule has 25 nitrogen and oxygen atoms in total. The standard InChI is InChI=1S/C18H26N2O5.C18H24N2O4.C10H20N2O3.C10H18N2O2.C8H7ClO2.CH3I.Na.H2O.H2/c1-16(2,13(19)21)17(3,4)18(5,14(22)23)20-15(24)25-11-12-9-7-6-8-10-12;1-16(2)13(21)19-14(22)18(5,17(16,3)4)20-15(23)24-11-12-9-7-6-8-10-12;1-8(2,6(11)13)9(3,4)10(5,12)7(14)15;1-8(2)6(13)12-7(14)10(5,11)9(8,3)4;9-8(10)11-6-7-4-2-1-3-5-7;1-2;;;/h6-10H,11H2,1-5H3,(H2,19,21)(H,20,24)(H,22,23);6-10H,11H2,1-5H3,(H,20,23)(H,19,21,22);12H2,1-5H3,(H2,11,13)(H,14,15);11H2,1-5H3,(H,12,13,14);1-5H,6H2;1H3;;1H2;1H/q;;;;;;+1;;/p-1/i;;;;;1D;;;. The maximum Gasteiger partial charge on any atom is 1.00 e. The van der Waals surface area contributed by atoms with Gasteiger partial charge < -0.3 is 63.5 Å². The van der Waals surface area contributed by atoms with E-state index in [0.29, 0.717) is 4.91 Å². The van der Waals surface area contributed by atoms with Crippen molar-refractivity contribution in [3.63, 3.8) is 0 Å². The predicted molar refractivity (Wildman–Crippen MR) is 358 cm³/mol. The number of nitrogens with one attached hydrogen (secondary N) is 4. The van der Waals surface area contributed by atoms with Crippen LogP contribution in [0.2, 0.25) is 0 Å². The molecule has 4 unspecified atom stereocenters. The molecule has 2 fully saturated rings. The summed E-state index contributed by atoms with van der Waals surface area (Å²) in [4.78, 5) is 129. The maximum absolute atomic E-state index is 12.4. The van der Waals surface area contributed by atoms with Gasteiger partial charge in [0, 0.05) is 36.1 Å². The van der Waals surface area contributed by atoms with Crippen molar-refractivity contribution in [1.82, 2.24) is 21.3 Å². The molecule has 93 heavy (non-hydrogen) atoms. The first-order valence-electron chi connectivity index (χ1n) is 29.3. The van der Waals surface area contributed by atoms with E-state index in [9.17, 15) is 57.8 Å². The van der Waals surface area contributed by atoms with Crippen molar-refractivity contribution in [1.29, 1.82) is 0 Å². The third-order valence-corrected chi connectivity index (χ3v) is 20.4. The molecule has 2 aliphatic rings. The van der Waals surface area contributed by atoms with Crippen LogP contribution in [0.15, 0.2) is 91.0 Å². The number of imide groups is 2. The number of amides is 8. The Morgan fingerprint density at radius 1 is 0.559 bits per heavy atom. The van der Waals surface area contributed by atoms with Crippen LogP contribution in [0.25, 0.3) is 0 Å². The fourth-order valence-electron chi connectivity index (χ4n) is 8.67. The van der Waals surface area contributed by atoms with E-state index in [1.807, 2.05) is 103 Å². The number of ether oxygens (including phenoxy) is 3. The summed E-state index contributed by atoms with van der Waals surface area (Å²) < 4.78 is 21.1. The molecular formula is C65H101ClIN8NaO17. The number of hydrogen-bond donors (Lipinski definition) is 10. The van der Waals surface area contributed by atoms with Gasteiger partial charge in [0.2, 0.25) is 29.5 Å². The second-order valence-corrected chi connectivity index (χ2v) is 27.3. The molecule has 5 rings (SSSR count). The van der Waals surface area contributed by atoms with E-state index in [1.165, 1.54) is 13.8 Å². The summed E-state index contributed by atoms with van der Waals surface area (Å²) in [6.07, 6.45) is -1.59. The fourth-order valence-corrected chi connectivity index (χ4v) is 8.73. The van der Waals surface area contributed by atoms with Crippen LogP contribution in [0, 0.1) is 43.3 Å². The van der Waals surface area contributed by atoms with E-state index in [2.05, 4.69) is 26.0 Å². The molecule has 2 heterocycles. The molecule has 2 aliphatic heterocycles. The Kier molecular flexibility index (Phi) is 33.4. The van der Waals surface area contributed by atoms with E-state index in [4.69, 9.17) is 50.5 Å². The average molecular weight is 1450 g/mol. The van der Waals surface area contributed by atoms with Crippen LogP contribution in [0.4, 0.5) is 14.4 Å². The van der Waals surface area contributed by atoms with Gasteiger partial charge >= 0.3 is 59.1 Å². The van der Waals surface area contributed by atoms with Gasteiger partial charge in [-0.3, -0.25) is 44.2 Å². The monoisotopic (exact) mass is 1450 g/mol. The van der Waals surface area contributed by atoms with Gasteiger partial charge in [-0.1, -0.05) is 224 Å². The third kappa shape index (κ3) is 20.6. The number of rotatable bonds is 16. The average Bonchev–Trinajstić information content (AvgIpc) is 0.742. The normalized spacial score (nSPS) is 19.6. The Labute approximate surface area is 590 Å². The van der Waals surface area contributed by atoms with Gasteiger partial charge in [-0.2, -0.15) is 0 Å². The summed E-state index contributed by atoms with van der Waals surface area (Å²) in [5, 5.41) is 28.5. The molecule has 4 atom stereocenters. The molecule has 2 saturated heterocycles. The number of aliphatic carboxylic acids is 2. The maximum atomic E-state index is 12.4. The number of carbonyl (C=O) groups is 11. The molecule has 0 aromatic heterocycles. The molecule has 3 aromatic rings. The Balaban J connectivity index is -0.000000550. The van der Waals surface area contributed by atoms with E-state index < -0.39 is 119 Å². The Morgan fingerprint density at radius 2 is 0.871 bits per heavy atom. The number of primary amides is 2. The van der Waals surface area contributed by atoms with Crippen molar-refractivity contribution < 1.29 is 115 Å². The van der Waals surface area contributed by atoms with Gasteiger partial charge in [0.1, 0.15) is 36.4 Å². The van der Waals surface area contributed by atoms with E-state index >= 15 is 0 Å². The molecule has 8 amide bonds. The van der Waals surface area contributed by atoms with Gasteiger partial charge in [0.25, 0.3) is 5.91 Å². The largest absolute Gasteiger partial charge is 1.00 e. The number of halogens is 2. The van der Waals surface area contributed by atoms with Crippen LogP contribution in [0.1, 0.15) is 158 Å².